The number of rotatable bonds is 5. The highest BCUT2D eigenvalue weighted by Gasteiger charge is 2.52. The van der Waals surface area contributed by atoms with Gasteiger partial charge >= 0.3 is 0 Å². The topological polar surface area (TPSA) is 43.6 Å². The van der Waals surface area contributed by atoms with Crippen LogP contribution >= 0.6 is 0 Å². The van der Waals surface area contributed by atoms with Gasteiger partial charge in [-0.15, -0.1) is 0 Å². The second kappa shape index (κ2) is 12.7. The molecule has 0 saturated carbocycles. The molecule has 0 amide bonds. The van der Waals surface area contributed by atoms with Crippen LogP contribution in [0.5, 0.6) is 0 Å². The van der Waals surface area contributed by atoms with Crippen LogP contribution in [0.4, 0.5) is 0 Å². The van der Waals surface area contributed by atoms with Gasteiger partial charge in [0.25, 0.3) is 0 Å². The summed E-state index contributed by atoms with van der Waals surface area (Å²) in [4.78, 5) is 16.0. The fourth-order valence-electron chi connectivity index (χ4n) is 9.67. The maximum atomic E-state index is 5.48. The van der Waals surface area contributed by atoms with E-state index in [-0.39, 0.29) is 0 Å². The molecule has 10 aromatic rings. The normalized spacial score (nSPS) is 13.0. The Labute approximate surface area is 336 Å². The van der Waals surface area contributed by atoms with E-state index in [2.05, 4.69) is 193 Å². The Morgan fingerprint density at radius 3 is 1.60 bits per heavy atom. The average molecular weight is 739 g/mol. The van der Waals surface area contributed by atoms with Gasteiger partial charge in [0.05, 0.1) is 27.8 Å². The average Bonchev–Trinajstić information content (AvgIpc) is 3.94. The Bertz CT molecular complexity index is 3190. The summed E-state index contributed by atoms with van der Waals surface area (Å²) in [7, 11) is 0. The Hall–Kier alpha value is -7.69. The van der Waals surface area contributed by atoms with Crippen LogP contribution in [-0.2, 0) is 5.41 Å². The summed E-state index contributed by atoms with van der Waals surface area (Å²) < 4.78 is 2.26. The number of aromatic nitrogens is 4. The molecule has 0 N–H and O–H groups in total. The van der Waals surface area contributed by atoms with E-state index in [1.165, 1.54) is 44.5 Å². The first-order chi connectivity index (χ1) is 28.8. The van der Waals surface area contributed by atoms with Crippen LogP contribution in [0.15, 0.2) is 206 Å². The molecule has 0 radical (unpaired) electrons. The number of para-hydroxylation sites is 2. The molecule has 0 bridgehead atoms. The van der Waals surface area contributed by atoms with Gasteiger partial charge in [0.15, 0.2) is 5.82 Å². The molecular formula is C54H34N4. The van der Waals surface area contributed by atoms with E-state index in [1.807, 2.05) is 18.2 Å². The van der Waals surface area contributed by atoms with Gasteiger partial charge in [-0.25, -0.2) is 15.0 Å². The largest absolute Gasteiger partial charge is 0.292 e. The molecule has 1 spiro atoms. The summed E-state index contributed by atoms with van der Waals surface area (Å²) in [6.07, 6.45) is 0. The fourth-order valence-corrected chi connectivity index (χ4v) is 9.67. The van der Waals surface area contributed by atoms with Crippen LogP contribution in [0.2, 0.25) is 0 Å². The van der Waals surface area contributed by atoms with Gasteiger partial charge in [-0.2, -0.15) is 0 Å². The molecule has 0 atom stereocenters. The maximum Gasteiger partial charge on any atom is 0.161 e. The smallest absolute Gasteiger partial charge is 0.161 e. The van der Waals surface area contributed by atoms with Crippen LogP contribution < -0.4 is 0 Å². The Morgan fingerprint density at radius 1 is 0.362 bits per heavy atom. The van der Waals surface area contributed by atoms with E-state index in [1.54, 1.807) is 0 Å². The highest BCUT2D eigenvalue weighted by Crippen LogP contribution is 2.63. The third-order valence-corrected chi connectivity index (χ3v) is 12.1. The van der Waals surface area contributed by atoms with E-state index in [9.17, 15) is 0 Å². The van der Waals surface area contributed by atoms with Crippen LogP contribution in [0, 0.1) is 0 Å². The second-order valence-electron chi connectivity index (χ2n) is 15.1. The molecule has 4 heteroatoms. The molecule has 2 aliphatic rings. The molecule has 0 aliphatic heterocycles. The van der Waals surface area contributed by atoms with Gasteiger partial charge in [-0.05, 0) is 74.8 Å². The molecule has 2 aliphatic carbocycles. The fraction of sp³-hybridized carbons (Fsp3) is 0.0185. The number of hydrogen-bond acceptors (Lipinski definition) is 3. The van der Waals surface area contributed by atoms with Gasteiger partial charge < -0.3 is 0 Å². The second-order valence-corrected chi connectivity index (χ2v) is 15.1. The van der Waals surface area contributed by atoms with Gasteiger partial charge in [0, 0.05) is 27.9 Å². The number of imidazole rings is 1. The van der Waals surface area contributed by atoms with Crippen molar-refractivity contribution in [1.29, 1.82) is 0 Å². The van der Waals surface area contributed by atoms with Crippen molar-refractivity contribution in [1.82, 2.24) is 19.5 Å². The molecule has 0 fully saturated rings. The number of nitrogens with zero attached hydrogens (tertiary/aromatic N) is 4. The van der Waals surface area contributed by atoms with Crippen molar-refractivity contribution in [2.45, 2.75) is 5.41 Å². The lowest BCUT2D eigenvalue weighted by Crippen LogP contribution is -2.25. The van der Waals surface area contributed by atoms with Crippen molar-refractivity contribution >= 4 is 11.0 Å². The molecule has 0 unspecified atom stereocenters. The molecule has 0 saturated heterocycles. The van der Waals surface area contributed by atoms with Crippen LogP contribution in [0.3, 0.4) is 0 Å². The predicted octanol–water partition coefficient (Wildman–Crippen LogP) is 12.8. The summed E-state index contributed by atoms with van der Waals surface area (Å²) in [5.74, 6) is 1.60. The first-order valence-electron chi connectivity index (χ1n) is 19.8. The maximum absolute atomic E-state index is 5.48. The van der Waals surface area contributed by atoms with E-state index in [0.29, 0.717) is 5.82 Å². The highest BCUT2D eigenvalue weighted by atomic mass is 15.1. The third kappa shape index (κ3) is 4.66. The monoisotopic (exact) mass is 738 g/mol. The molecule has 2 aromatic heterocycles. The highest BCUT2D eigenvalue weighted by molar-refractivity contribution is 5.99. The van der Waals surface area contributed by atoms with Crippen molar-refractivity contribution in [2.75, 3.05) is 0 Å². The van der Waals surface area contributed by atoms with Gasteiger partial charge in [-0.1, -0.05) is 176 Å². The van der Waals surface area contributed by atoms with Gasteiger partial charge in [0.2, 0.25) is 0 Å². The van der Waals surface area contributed by atoms with Gasteiger partial charge in [-0.3, -0.25) is 4.57 Å². The van der Waals surface area contributed by atoms with E-state index in [4.69, 9.17) is 15.0 Å². The summed E-state index contributed by atoms with van der Waals surface area (Å²) in [6, 6.07) is 73.5. The Kier molecular flexibility index (Phi) is 7.11. The zero-order chi connectivity index (χ0) is 38.2. The third-order valence-electron chi connectivity index (χ3n) is 12.1. The summed E-state index contributed by atoms with van der Waals surface area (Å²) >= 11 is 0. The SMILES string of the molecule is c1ccc(-c2cc(-c3cccc(-n4c(-c5ccccc5)nc5ccccc54)c3)nc(-c3cccc4c3-c3ccccc3C43c4ccccc4-c4ccccc43)n2)cc1. The zero-order valence-electron chi connectivity index (χ0n) is 31.4. The molecule has 58 heavy (non-hydrogen) atoms. The first kappa shape index (κ1) is 32.5. The van der Waals surface area contributed by atoms with Crippen molar-refractivity contribution in [2.24, 2.45) is 0 Å². The van der Waals surface area contributed by atoms with E-state index in [0.717, 1.165) is 56.2 Å². The molecule has 4 nitrogen and oxygen atoms in total. The van der Waals surface area contributed by atoms with Crippen molar-refractivity contribution in [3.8, 4) is 73.2 Å². The molecule has 270 valence electrons. The summed E-state index contributed by atoms with van der Waals surface area (Å²) in [6.45, 7) is 0. The van der Waals surface area contributed by atoms with Gasteiger partial charge in [0.1, 0.15) is 5.82 Å². The molecular weight excluding hydrogens is 705 g/mol. The predicted molar refractivity (Wildman–Crippen MR) is 235 cm³/mol. The summed E-state index contributed by atoms with van der Waals surface area (Å²) in [5.41, 5.74) is 18.6. The van der Waals surface area contributed by atoms with Crippen molar-refractivity contribution in [3.63, 3.8) is 0 Å². The minimum Gasteiger partial charge on any atom is -0.292 e. The quantitative estimate of drug-likeness (QED) is 0.177. The van der Waals surface area contributed by atoms with E-state index < -0.39 is 5.41 Å². The lowest BCUT2D eigenvalue weighted by Gasteiger charge is -2.30. The standard InChI is InChI=1S/C54H34N4/c1-3-17-35(18-4-1)48-34-49(37-21-15-22-38(33-37)58-50-32-14-13-31-47(50)57-53(58)36-19-5-2-6-20-36)56-52(55-48)42-26-16-30-46-51(42)41-25-9-12-29-45(41)54(46)43-27-10-7-23-39(43)40-24-8-11-28-44(40)54/h1-34H. The summed E-state index contributed by atoms with van der Waals surface area (Å²) in [5, 5.41) is 0. The number of benzene rings is 8. The Balaban J connectivity index is 1.09. The van der Waals surface area contributed by atoms with Crippen molar-refractivity contribution in [3.05, 3.63) is 229 Å². The number of fused-ring (bicyclic) bond motifs is 11. The van der Waals surface area contributed by atoms with E-state index >= 15 is 0 Å². The molecule has 8 aromatic carbocycles. The lowest BCUT2D eigenvalue weighted by molar-refractivity contribution is 0.794. The number of hydrogen-bond donors (Lipinski definition) is 0. The van der Waals surface area contributed by atoms with Crippen LogP contribution in [0.25, 0.3) is 84.3 Å². The van der Waals surface area contributed by atoms with Crippen LogP contribution in [-0.4, -0.2) is 19.5 Å². The first-order valence-corrected chi connectivity index (χ1v) is 19.8. The molecule has 2 heterocycles. The molecule has 12 rings (SSSR count). The minimum absolute atomic E-state index is 0.451. The Morgan fingerprint density at radius 2 is 0.879 bits per heavy atom. The minimum atomic E-state index is -0.451. The lowest BCUT2D eigenvalue weighted by atomic mass is 9.70. The van der Waals surface area contributed by atoms with Crippen LogP contribution in [0.1, 0.15) is 22.3 Å². The van der Waals surface area contributed by atoms with Crippen molar-refractivity contribution < 1.29 is 0 Å². The zero-order valence-corrected chi connectivity index (χ0v) is 31.4.